The van der Waals surface area contributed by atoms with E-state index in [2.05, 4.69) is 22.7 Å². The maximum Gasteiger partial charge on any atom is 0.392 e. The van der Waals surface area contributed by atoms with Crippen molar-refractivity contribution >= 4 is 35.1 Å². The van der Waals surface area contributed by atoms with Gasteiger partial charge in [0.25, 0.3) is 4.59 Å². The molecule has 0 aliphatic rings. The predicted octanol–water partition coefficient (Wildman–Crippen LogP) is 3.98. The van der Waals surface area contributed by atoms with E-state index in [0.717, 1.165) is 0 Å². The first-order valence-corrected chi connectivity index (χ1v) is 6.89. The molecule has 0 fully saturated rings. The molecule has 0 bridgehead atoms. The molecule has 3 nitrogen and oxygen atoms in total. The molecule has 0 aromatic rings. The van der Waals surface area contributed by atoms with Crippen LogP contribution in [0.4, 0.5) is 4.39 Å². The van der Waals surface area contributed by atoms with E-state index in [4.69, 9.17) is 23.2 Å². The SMILES string of the molecule is CC(C)(C)[C]=C(C(=O)OC(=O)C#CC(C)(C)C)C(F)(Cl)Cl. The molecular formula is C15H18Cl2FO3. The standard InChI is InChI=1S/C15H18Cl2FO3/c1-13(2,3)8-7-11(19)21-12(20)10(15(16,17)18)9-14(4,5)6/h1-6H3. The highest BCUT2D eigenvalue weighted by atomic mass is 35.5. The van der Waals surface area contributed by atoms with Gasteiger partial charge in [-0.3, -0.25) is 0 Å². The van der Waals surface area contributed by atoms with Crippen molar-refractivity contribution < 1.29 is 18.7 Å². The molecule has 0 aromatic carbocycles. The Kier molecular flexibility index (Phi) is 6.47. The fraction of sp³-hybridized carbons (Fsp3) is 0.600. The van der Waals surface area contributed by atoms with Crippen molar-refractivity contribution in [2.45, 2.75) is 46.1 Å². The minimum absolute atomic E-state index is 0.443. The second-order valence-electron chi connectivity index (χ2n) is 6.42. The number of hydrogen-bond donors (Lipinski definition) is 0. The van der Waals surface area contributed by atoms with Crippen LogP contribution in [-0.4, -0.2) is 16.5 Å². The van der Waals surface area contributed by atoms with Crippen molar-refractivity contribution in [1.82, 2.24) is 0 Å². The maximum absolute atomic E-state index is 13.6. The van der Waals surface area contributed by atoms with Crippen LogP contribution in [0.3, 0.4) is 0 Å². The third-order valence-corrected chi connectivity index (χ3v) is 2.09. The van der Waals surface area contributed by atoms with Gasteiger partial charge in [-0.05, 0) is 32.3 Å². The summed E-state index contributed by atoms with van der Waals surface area (Å²) < 4.78 is 15.1. The van der Waals surface area contributed by atoms with Crippen LogP contribution < -0.4 is 0 Å². The molecule has 21 heavy (non-hydrogen) atoms. The zero-order valence-corrected chi connectivity index (χ0v) is 14.4. The van der Waals surface area contributed by atoms with Crippen LogP contribution in [0.5, 0.6) is 0 Å². The molecule has 0 aromatic heterocycles. The van der Waals surface area contributed by atoms with Gasteiger partial charge in [-0.2, -0.15) is 0 Å². The molecule has 0 aliphatic heterocycles. The zero-order valence-electron chi connectivity index (χ0n) is 12.9. The summed E-state index contributed by atoms with van der Waals surface area (Å²) in [6.07, 6.45) is 2.48. The van der Waals surface area contributed by atoms with Gasteiger partial charge in [0.05, 0.1) is 0 Å². The average Bonchev–Trinajstić information content (AvgIpc) is 2.19. The van der Waals surface area contributed by atoms with Crippen LogP contribution in [0.25, 0.3) is 0 Å². The van der Waals surface area contributed by atoms with Crippen molar-refractivity contribution in [2.75, 3.05) is 0 Å². The molecule has 0 unspecified atom stereocenters. The Labute approximate surface area is 134 Å². The number of carbonyl (C=O) groups is 2. The summed E-state index contributed by atoms with van der Waals surface area (Å²) in [4.78, 5) is 23.2. The smallest absolute Gasteiger partial charge is 0.380 e. The lowest BCUT2D eigenvalue weighted by Gasteiger charge is -2.17. The molecular weight excluding hydrogens is 318 g/mol. The van der Waals surface area contributed by atoms with E-state index in [-0.39, 0.29) is 0 Å². The summed E-state index contributed by atoms with van der Waals surface area (Å²) in [6, 6.07) is 0. The molecule has 0 spiro atoms. The van der Waals surface area contributed by atoms with E-state index in [1.54, 1.807) is 41.5 Å². The van der Waals surface area contributed by atoms with Gasteiger partial charge in [0.1, 0.15) is 5.57 Å². The van der Waals surface area contributed by atoms with Gasteiger partial charge in [0.15, 0.2) is 0 Å². The molecule has 0 heterocycles. The Morgan fingerprint density at radius 1 is 1.00 bits per heavy atom. The highest BCUT2D eigenvalue weighted by molar-refractivity contribution is 6.51. The van der Waals surface area contributed by atoms with Gasteiger partial charge >= 0.3 is 11.9 Å². The molecule has 0 rings (SSSR count). The van der Waals surface area contributed by atoms with Crippen molar-refractivity contribution in [3.05, 3.63) is 11.6 Å². The van der Waals surface area contributed by atoms with Crippen molar-refractivity contribution in [2.24, 2.45) is 10.8 Å². The molecule has 0 saturated carbocycles. The first kappa shape index (κ1) is 19.9. The fourth-order valence-electron chi connectivity index (χ4n) is 1.01. The van der Waals surface area contributed by atoms with E-state index in [0.29, 0.717) is 0 Å². The Morgan fingerprint density at radius 2 is 1.48 bits per heavy atom. The molecule has 0 amide bonds. The van der Waals surface area contributed by atoms with Crippen molar-refractivity contribution in [3.63, 3.8) is 0 Å². The Morgan fingerprint density at radius 3 is 1.81 bits per heavy atom. The second-order valence-corrected chi connectivity index (χ2v) is 7.66. The van der Waals surface area contributed by atoms with Gasteiger partial charge < -0.3 is 4.74 Å². The molecule has 6 heteroatoms. The molecule has 117 valence electrons. The largest absolute Gasteiger partial charge is 0.392 e. The summed E-state index contributed by atoms with van der Waals surface area (Å²) in [5.74, 6) is 2.30. The van der Waals surface area contributed by atoms with Gasteiger partial charge in [-0.1, -0.05) is 49.9 Å². The van der Waals surface area contributed by atoms with Crippen molar-refractivity contribution in [1.29, 1.82) is 0 Å². The van der Waals surface area contributed by atoms with Crippen LogP contribution in [-0.2, 0) is 14.3 Å². The Hall–Kier alpha value is -1.05. The summed E-state index contributed by atoms with van der Waals surface area (Å²) in [5.41, 5.74) is -1.93. The fourth-order valence-corrected chi connectivity index (χ4v) is 1.26. The van der Waals surface area contributed by atoms with Crippen LogP contribution in [0.15, 0.2) is 5.57 Å². The molecule has 1 radical (unpaired) electrons. The molecule has 0 atom stereocenters. The van der Waals surface area contributed by atoms with Gasteiger partial charge in [-0.25, -0.2) is 14.0 Å². The molecule has 0 N–H and O–H groups in total. The van der Waals surface area contributed by atoms with E-state index in [9.17, 15) is 14.0 Å². The number of ether oxygens (including phenoxy) is 1. The second kappa shape index (κ2) is 6.81. The summed E-state index contributed by atoms with van der Waals surface area (Å²) >= 11 is 10.6. The van der Waals surface area contributed by atoms with E-state index >= 15 is 0 Å². The van der Waals surface area contributed by atoms with E-state index < -0.39 is 32.9 Å². The quantitative estimate of drug-likeness (QED) is 0.191. The monoisotopic (exact) mass is 335 g/mol. The minimum Gasteiger partial charge on any atom is -0.380 e. The van der Waals surface area contributed by atoms with Crippen LogP contribution in [0.1, 0.15) is 41.5 Å². The third kappa shape index (κ3) is 9.49. The Balaban J connectivity index is 5.24. The molecule has 0 saturated heterocycles. The number of esters is 2. The number of carbonyl (C=O) groups excluding carboxylic acids is 2. The highest BCUT2D eigenvalue weighted by Crippen LogP contribution is 2.34. The number of halogens is 3. The van der Waals surface area contributed by atoms with Gasteiger partial charge in [-0.15, -0.1) is 0 Å². The topological polar surface area (TPSA) is 43.4 Å². The number of hydrogen-bond acceptors (Lipinski definition) is 3. The van der Waals surface area contributed by atoms with Gasteiger partial charge in [0, 0.05) is 11.3 Å². The lowest BCUT2D eigenvalue weighted by molar-refractivity contribution is -0.153. The zero-order chi connectivity index (χ0) is 17.1. The summed E-state index contributed by atoms with van der Waals surface area (Å²) in [6.45, 7) is 10.3. The van der Waals surface area contributed by atoms with E-state index in [1.165, 1.54) is 0 Å². The van der Waals surface area contributed by atoms with Gasteiger partial charge in [0.2, 0.25) is 0 Å². The van der Waals surface area contributed by atoms with E-state index in [1.807, 2.05) is 0 Å². The maximum atomic E-state index is 13.6. The van der Waals surface area contributed by atoms with Crippen LogP contribution >= 0.6 is 23.2 Å². The molecule has 0 aliphatic carbocycles. The first-order chi connectivity index (χ1) is 9.12. The highest BCUT2D eigenvalue weighted by Gasteiger charge is 2.37. The lowest BCUT2D eigenvalue weighted by atomic mass is 9.93. The lowest BCUT2D eigenvalue weighted by Crippen LogP contribution is -2.24. The predicted molar refractivity (Wildman–Crippen MR) is 80.1 cm³/mol. The summed E-state index contributed by atoms with van der Waals surface area (Å²) in [5, 5.41) is 0. The normalized spacial score (nSPS) is 13.3. The van der Waals surface area contributed by atoms with Crippen LogP contribution in [0, 0.1) is 28.7 Å². The number of allylic oxidation sites excluding steroid dienone is 1. The Bertz CT molecular complexity index is 506. The third-order valence-electron chi connectivity index (χ3n) is 1.71. The average molecular weight is 336 g/mol. The van der Waals surface area contributed by atoms with Crippen LogP contribution in [0.2, 0.25) is 0 Å². The summed E-state index contributed by atoms with van der Waals surface area (Å²) in [7, 11) is 0. The minimum atomic E-state index is -3.01. The number of rotatable bonds is 2. The number of alkyl halides is 3. The first-order valence-electron chi connectivity index (χ1n) is 6.13. The van der Waals surface area contributed by atoms with Crippen molar-refractivity contribution in [3.8, 4) is 11.8 Å².